The summed E-state index contributed by atoms with van der Waals surface area (Å²) in [5, 5.41) is 18.4. The number of aliphatic carboxylic acids is 1. The lowest BCUT2D eigenvalue weighted by Gasteiger charge is -2.24. The fourth-order valence-electron chi connectivity index (χ4n) is 1.99. The van der Waals surface area contributed by atoms with Crippen LogP contribution in [0, 0.1) is 0 Å². The van der Waals surface area contributed by atoms with Crippen molar-refractivity contribution in [3.8, 4) is 0 Å². The fourth-order valence-corrected chi connectivity index (χ4v) is 1.99. The molecule has 1 aliphatic rings. The molecule has 18 heavy (non-hydrogen) atoms. The molecule has 0 aliphatic carbocycles. The van der Waals surface area contributed by atoms with E-state index in [4.69, 9.17) is 5.11 Å². The molecule has 1 aromatic rings. The van der Waals surface area contributed by atoms with Crippen molar-refractivity contribution in [2.75, 3.05) is 0 Å². The third kappa shape index (κ3) is 1.67. The summed E-state index contributed by atoms with van der Waals surface area (Å²) in [5.74, 6) is -2.80. The van der Waals surface area contributed by atoms with Gasteiger partial charge in [0.2, 0.25) is 0 Å². The van der Waals surface area contributed by atoms with Crippen molar-refractivity contribution < 1.29 is 24.6 Å². The van der Waals surface area contributed by atoms with Crippen LogP contribution in [0.15, 0.2) is 24.3 Å². The fraction of sp³-hybridized carbons (Fsp3) is 0.250. The number of carboxylic acids is 1. The van der Waals surface area contributed by atoms with Crippen molar-refractivity contribution >= 4 is 17.8 Å². The summed E-state index contributed by atoms with van der Waals surface area (Å²) in [7, 11) is 0. The summed E-state index contributed by atoms with van der Waals surface area (Å²) in [4.78, 5) is 35.6. The minimum Gasteiger partial charge on any atom is -0.480 e. The van der Waals surface area contributed by atoms with Gasteiger partial charge in [-0.05, 0) is 19.1 Å². The molecule has 1 aliphatic heterocycles. The van der Waals surface area contributed by atoms with E-state index < -0.39 is 29.9 Å². The van der Waals surface area contributed by atoms with Gasteiger partial charge in [-0.25, -0.2) is 4.79 Å². The zero-order valence-electron chi connectivity index (χ0n) is 9.53. The van der Waals surface area contributed by atoms with Gasteiger partial charge in [0.15, 0.2) is 6.04 Å². The molecule has 6 heteroatoms. The van der Waals surface area contributed by atoms with E-state index in [0.717, 1.165) is 0 Å². The van der Waals surface area contributed by atoms with Gasteiger partial charge in [-0.3, -0.25) is 14.5 Å². The number of fused-ring (bicyclic) bond motifs is 1. The Kier molecular flexibility index (Phi) is 2.88. The SMILES string of the molecule is C[C@H](O)[C@H](C(=O)O)N1C(=O)c2ccccc2C1=O. The molecule has 0 saturated heterocycles. The van der Waals surface area contributed by atoms with Crippen molar-refractivity contribution in [1.29, 1.82) is 0 Å². The van der Waals surface area contributed by atoms with E-state index in [1.54, 1.807) is 12.1 Å². The molecule has 2 atom stereocenters. The van der Waals surface area contributed by atoms with E-state index in [1.807, 2.05) is 0 Å². The van der Waals surface area contributed by atoms with Gasteiger partial charge >= 0.3 is 5.97 Å². The molecule has 0 radical (unpaired) electrons. The number of amides is 2. The second-order valence-corrected chi connectivity index (χ2v) is 4.05. The molecule has 1 aromatic carbocycles. The minimum atomic E-state index is -1.57. The average Bonchev–Trinajstić information content (AvgIpc) is 2.55. The van der Waals surface area contributed by atoms with Crippen LogP contribution in [0.1, 0.15) is 27.6 Å². The van der Waals surface area contributed by atoms with E-state index >= 15 is 0 Å². The van der Waals surface area contributed by atoms with Crippen LogP contribution in [0.25, 0.3) is 0 Å². The third-order valence-electron chi connectivity index (χ3n) is 2.81. The monoisotopic (exact) mass is 249 g/mol. The van der Waals surface area contributed by atoms with E-state index in [1.165, 1.54) is 19.1 Å². The molecule has 0 fully saturated rings. The van der Waals surface area contributed by atoms with Crippen LogP contribution in [0.2, 0.25) is 0 Å². The first-order chi connectivity index (χ1) is 8.45. The van der Waals surface area contributed by atoms with Crippen molar-refractivity contribution in [2.45, 2.75) is 19.1 Å². The molecule has 1 heterocycles. The molecule has 0 bridgehead atoms. The number of hydrogen-bond acceptors (Lipinski definition) is 4. The lowest BCUT2D eigenvalue weighted by Crippen LogP contribution is -2.50. The molecule has 94 valence electrons. The number of nitrogens with zero attached hydrogens (tertiary/aromatic N) is 1. The predicted molar refractivity (Wildman–Crippen MR) is 60.0 cm³/mol. The number of imide groups is 1. The zero-order chi connectivity index (χ0) is 13.4. The number of aliphatic hydroxyl groups is 1. The predicted octanol–water partition coefficient (Wildman–Crippen LogP) is 0.117. The minimum absolute atomic E-state index is 0.161. The number of rotatable bonds is 3. The zero-order valence-corrected chi connectivity index (χ0v) is 9.53. The summed E-state index contributed by atoms with van der Waals surface area (Å²) in [6.45, 7) is 1.22. The Labute approximate surface area is 102 Å². The number of hydrogen-bond donors (Lipinski definition) is 2. The first-order valence-electron chi connectivity index (χ1n) is 5.33. The van der Waals surface area contributed by atoms with E-state index in [-0.39, 0.29) is 11.1 Å². The largest absolute Gasteiger partial charge is 0.480 e. The number of carbonyl (C=O) groups excluding carboxylic acids is 2. The third-order valence-corrected chi connectivity index (χ3v) is 2.81. The van der Waals surface area contributed by atoms with Crippen LogP contribution in [-0.2, 0) is 4.79 Å². The maximum absolute atomic E-state index is 12.0. The smallest absolute Gasteiger partial charge is 0.329 e. The molecule has 2 amide bonds. The van der Waals surface area contributed by atoms with Crippen LogP contribution in [0.4, 0.5) is 0 Å². The van der Waals surface area contributed by atoms with Crippen LogP contribution < -0.4 is 0 Å². The Balaban J connectivity index is 2.47. The maximum atomic E-state index is 12.0. The Hall–Kier alpha value is -2.21. The Bertz CT molecular complexity index is 502. The first kappa shape index (κ1) is 12.3. The molecule has 0 unspecified atom stereocenters. The van der Waals surface area contributed by atoms with Gasteiger partial charge < -0.3 is 10.2 Å². The van der Waals surface area contributed by atoms with Crippen molar-refractivity contribution in [2.24, 2.45) is 0 Å². The molecular weight excluding hydrogens is 238 g/mol. The Morgan fingerprint density at radius 2 is 1.61 bits per heavy atom. The quantitative estimate of drug-likeness (QED) is 0.742. The van der Waals surface area contributed by atoms with Gasteiger partial charge in [-0.15, -0.1) is 0 Å². The lowest BCUT2D eigenvalue weighted by molar-refractivity contribution is -0.145. The number of aliphatic hydroxyl groups excluding tert-OH is 1. The van der Waals surface area contributed by atoms with E-state index in [2.05, 4.69) is 0 Å². The molecular formula is C12H11NO5. The Morgan fingerprint density at radius 1 is 1.17 bits per heavy atom. The van der Waals surface area contributed by atoms with Gasteiger partial charge in [-0.1, -0.05) is 12.1 Å². The maximum Gasteiger partial charge on any atom is 0.329 e. The molecule has 6 nitrogen and oxygen atoms in total. The summed E-state index contributed by atoms with van der Waals surface area (Å²) in [6, 6.07) is 4.52. The standard InChI is InChI=1S/C12H11NO5/c1-6(14)9(12(17)18)13-10(15)7-4-2-3-5-8(7)11(13)16/h2-6,9,14H,1H3,(H,17,18)/t6-,9+/m0/s1. The molecule has 2 rings (SSSR count). The number of benzene rings is 1. The highest BCUT2D eigenvalue weighted by Crippen LogP contribution is 2.25. The van der Waals surface area contributed by atoms with Gasteiger partial charge in [0.1, 0.15) is 0 Å². The van der Waals surface area contributed by atoms with E-state index in [9.17, 15) is 19.5 Å². The Morgan fingerprint density at radius 3 is 1.94 bits per heavy atom. The van der Waals surface area contributed by atoms with Crippen LogP contribution in [0.5, 0.6) is 0 Å². The molecule has 0 aromatic heterocycles. The highest BCUT2D eigenvalue weighted by Gasteiger charge is 2.44. The van der Waals surface area contributed by atoms with Gasteiger partial charge in [0.25, 0.3) is 11.8 Å². The molecule has 2 N–H and O–H groups in total. The summed E-state index contributed by atoms with van der Waals surface area (Å²) >= 11 is 0. The van der Waals surface area contributed by atoms with Crippen molar-refractivity contribution in [3.05, 3.63) is 35.4 Å². The van der Waals surface area contributed by atoms with E-state index in [0.29, 0.717) is 4.90 Å². The van der Waals surface area contributed by atoms with Crippen LogP contribution >= 0.6 is 0 Å². The summed E-state index contributed by atoms with van der Waals surface area (Å²) < 4.78 is 0. The van der Waals surface area contributed by atoms with Gasteiger partial charge in [0, 0.05) is 0 Å². The molecule has 0 saturated carbocycles. The topological polar surface area (TPSA) is 94.9 Å². The highest BCUT2D eigenvalue weighted by atomic mass is 16.4. The van der Waals surface area contributed by atoms with Crippen molar-refractivity contribution in [3.63, 3.8) is 0 Å². The normalized spacial score (nSPS) is 17.6. The second-order valence-electron chi connectivity index (χ2n) is 4.05. The lowest BCUT2D eigenvalue weighted by atomic mass is 10.1. The average molecular weight is 249 g/mol. The summed E-state index contributed by atoms with van der Waals surface area (Å²) in [6.07, 6.45) is -1.34. The van der Waals surface area contributed by atoms with Crippen LogP contribution in [0.3, 0.4) is 0 Å². The van der Waals surface area contributed by atoms with Crippen LogP contribution in [-0.4, -0.2) is 45.0 Å². The first-order valence-corrected chi connectivity index (χ1v) is 5.33. The number of carbonyl (C=O) groups is 3. The highest BCUT2D eigenvalue weighted by molar-refractivity contribution is 6.22. The second kappa shape index (κ2) is 4.23. The van der Waals surface area contributed by atoms with Gasteiger partial charge in [-0.2, -0.15) is 0 Å². The van der Waals surface area contributed by atoms with Gasteiger partial charge in [0.05, 0.1) is 17.2 Å². The van der Waals surface area contributed by atoms with Crippen molar-refractivity contribution in [1.82, 2.24) is 4.90 Å². The number of carboxylic acid groups (broad SMARTS) is 1. The summed E-state index contributed by atoms with van der Waals surface area (Å²) in [5.41, 5.74) is 0.323. The molecule has 0 spiro atoms.